The van der Waals surface area contributed by atoms with Crippen molar-refractivity contribution in [1.29, 1.82) is 0 Å². The molecule has 2 atom stereocenters. The second-order valence-electron chi connectivity index (χ2n) is 10.0. The van der Waals surface area contributed by atoms with Gasteiger partial charge in [-0.1, -0.05) is 20.3 Å². The van der Waals surface area contributed by atoms with Crippen LogP contribution in [0.3, 0.4) is 0 Å². The fourth-order valence-electron chi connectivity index (χ4n) is 5.16. The number of hydrogen-bond donors (Lipinski definition) is 1. The van der Waals surface area contributed by atoms with E-state index in [0.717, 1.165) is 64.5 Å². The SMILES string of the molecule is CC1CCN(C(=O)CCCCCNC(=O)C2CCC(CN3C(=O)CC(C)C3=O)CC2)C1. The number of rotatable bonds is 9. The molecule has 174 valence electrons. The number of likely N-dealkylation sites (tertiary alicyclic amines) is 2. The standard InChI is InChI=1S/C24H39N3O4/c1-17-11-13-26(15-17)21(28)6-4-3-5-12-25-23(30)20-9-7-19(8-10-20)16-27-22(29)14-18(2)24(27)31/h17-20H,3-16H2,1-2H3,(H,25,30). The van der Waals surface area contributed by atoms with Crippen LogP contribution in [0.15, 0.2) is 0 Å². The second-order valence-corrected chi connectivity index (χ2v) is 10.0. The minimum atomic E-state index is -0.184. The van der Waals surface area contributed by atoms with Crippen molar-refractivity contribution in [2.45, 2.75) is 78.1 Å². The Bertz CT molecular complexity index is 672. The van der Waals surface area contributed by atoms with Gasteiger partial charge in [0.1, 0.15) is 0 Å². The fraction of sp³-hybridized carbons (Fsp3) is 0.833. The molecule has 31 heavy (non-hydrogen) atoms. The van der Waals surface area contributed by atoms with Gasteiger partial charge in [0, 0.05) is 50.9 Å². The van der Waals surface area contributed by atoms with Crippen LogP contribution in [0.4, 0.5) is 0 Å². The molecule has 0 radical (unpaired) electrons. The van der Waals surface area contributed by atoms with Crippen molar-refractivity contribution in [1.82, 2.24) is 15.1 Å². The summed E-state index contributed by atoms with van der Waals surface area (Å²) in [6.45, 7) is 7.00. The predicted molar refractivity (Wildman–Crippen MR) is 118 cm³/mol. The van der Waals surface area contributed by atoms with Gasteiger partial charge in [0.05, 0.1) is 0 Å². The van der Waals surface area contributed by atoms with Crippen LogP contribution in [-0.4, -0.2) is 59.6 Å². The molecule has 0 aromatic heterocycles. The lowest BCUT2D eigenvalue weighted by Crippen LogP contribution is -2.38. The third-order valence-corrected chi connectivity index (χ3v) is 7.27. The van der Waals surface area contributed by atoms with Crippen molar-refractivity contribution in [3.63, 3.8) is 0 Å². The van der Waals surface area contributed by atoms with Crippen molar-refractivity contribution < 1.29 is 19.2 Å². The van der Waals surface area contributed by atoms with Gasteiger partial charge in [-0.05, 0) is 56.8 Å². The highest BCUT2D eigenvalue weighted by Crippen LogP contribution is 2.31. The number of hydrogen-bond acceptors (Lipinski definition) is 4. The maximum atomic E-state index is 12.5. The number of imide groups is 1. The fourth-order valence-corrected chi connectivity index (χ4v) is 5.16. The average Bonchev–Trinajstić information content (AvgIpc) is 3.29. The summed E-state index contributed by atoms with van der Waals surface area (Å²) in [7, 11) is 0. The Morgan fingerprint density at radius 3 is 2.35 bits per heavy atom. The molecule has 3 aliphatic rings. The molecular weight excluding hydrogens is 394 g/mol. The minimum Gasteiger partial charge on any atom is -0.356 e. The zero-order valence-electron chi connectivity index (χ0n) is 19.2. The zero-order chi connectivity index (χ0) is 22.4. The first-order chi connectivity index (χ1) is 14.8. The van der Waals surface area contributed by atoms with Gasteiger partial charge in [0.2, 0.25) is 23.6 Å². The average molecular weight is 434 g/mol. The van der Waals surface area contributed by atoms with E-state index >= 15 is 0 Å². The molecule has 0 spiro atoms. The summed E-state index contributed by atoms with van der Waals surface area (Å²) < 4.78 is 0. The van der Waals surface area contributed by atoms with Gasteiger partial charge in [0.25, 0.3) is 0 Å². The van der Waals surface area contributed by atoms with Crippen LogP contribution in [-0.2, 0) is 19.2 Å². The highest BCUT2D eigenvalue weighted by Gasteiger charge is 2.37. The van der Waals surface area contributed by atoms with Gasteiger partial charge in [-0.15, -0.1) is 0 Å². The summed E-state index contributed by atoms with van der Waals surface area (Å²) in [5.41, 5.74) is 0. The topological polar surface area (TPSA) is 86.8 Å². The smallest absolute Gasteiger partial charge is 0.232 e. The normalized spacial score (nSPS) is 29.0. The maximum Gasteiger partial charge on any atom is 0.232 e. The molecule has 0 aromatic carbocycles. The number of carbonyl (C=O) groups is 4. The van der Waals surface area contributed by atoms with E-state index in [1.807, 2.05) is 11.8 Å². The molecule has 7 heteroatoms. The van der Waals surface area contributed by atoms with Crippen LogP contribution in [0.5, 0.6) is 0 Å². The summed E-state index contributed by atoms with van der Waals surface area (Å²) in [4.78, 5) is 52.1. The monoisotopic (exact) mass is 433 g/mol. The molecule has 0 aromatic rings. The minimum absolute atomic E-state index is 0.0402. The zero-order valence-corrected chi connectivity index (χ0v) is 19.2. The van der Waals surface area contributed by atoms with E-state index in [9.17, 15) is 19.2 Å². The van der Waals surface area contributed by atoms with Gasteiger partial charge in [0.15, 0.2) is 0 Å². The largest absolute Gasteiger partial charge is 0.356 e. The van der Waals surface area contributed by atoms with E-state index in [1.54, 1.807) is 0 Å². The Hall–Kier alpha value is -1.92. The van der Waals surface area contributed by atoms with Gasteiger partial charge in [-0.2, -0.15) is 0 Å². The molecule has 4 amide bonds. The van der Waals surface area contributed by atoms with Crippen molar-refractivity contribution >= 4 is 23.6 Å². The lowest BCUT2D eigenvalue weighted by atomic mass is 9.81. The summed E-state index contributed by atoms with van der Waals surface area (Å²) in [6, 6.07) is 0. The van der Waals surface area contributed by atoms with Crippen LogP contribution in [0.2, 0.25) is 0 Å². The van der Waals surface area contributed by atoms with Gasteiger partial charge >= 0.3 is 0 Å². The van der Waals surface area contributed by atoms with E-state index in [-0.39, 0.29) is 35.5 Å². The number of carbonyl (C=O) groups excluding carboxylic acids is 4. The van der Waals surface area contributed by atoms with Gasteiger partial charge in [-0.25, -0.2) is 0 Å². The maximum absolute atomic E-state index is 12.5. The molecule has 1 N–H and O–H groups in total. The Kier molecular flexibility index (Phi) is 8.50. The van der Waals surface area contributed by atoms with Crippen molar-refractivity contribution in [2.75, 3.05) is 26.2 Å². The first-order valence-electron chi connectivity index (χ1n) is 12.2. The lowest BCUT2D eigenvalue weighted by Gasteiger charge is -2.30. The quantitative estimate of drug-likeness (QED) is 0.447. The first-order valence-corrected chi connectivity index (χ1v) is 12.2. The van der Waals surface area contributed by atoms with E-state index < -0.39 is 0 Å². The molecule has 3 rings (SSSR count). The van der Waals surface area contributed by atoms with E-state index in [4.69, 9.17) is 0 Å². The summed E-state index contributed by atoms with van der Waals surface area (Å²) in [6.07, 6.45) is 8.25. The lowest BCUT2D eigenvalue weighted by molar-refractivity contribution is -0.140. The van der Waals surface area contributed by atoms with Crippen LogP contribution >= 0.6 is 0 Å². The third-order valence-electron chi connectivity index (χ3n) is 7.27. The number of unbranched alkanes of at least 4 members (excludes halogenated alkanes) is 2. The summed E-state index contributed by atoms with van der Waals surface area (Å²) in [5.74, 6) is 1.12. The van der Waals surface area contributed by atoms with Crippen molar-refractivity contribution in [3.05, 3.63) is 0 Å². The molecule has 1 saturated carbocycles. The predicted octanol–water partition coefficient (Wildman–Crippen LogP) is 2.73. The Labute approximate surface area is 186 Å². The number of nitrogens with zero attached hydrogens (tertiary/aromatic N) is 2. The van der Waals surface area contributed by atoms with Gasteiger partial charge in [-0.3, -0.25) is 24.1 Å². The Balaban J connectivity index is 1.24. The number of amides is 4. The first kappa shape index (κ1) is 23.7. The molecule has 1 aliphatic carbocycles. The highest BCUT2D eigenvalue weighted by molar-refractivity contribution is 6.03. The molecule has 7 nitrogen and oxygen atoms in total. The number of nitrogens with one attached hydrogen (secondary N) is 1. The van der Waals surface area contributed by atoms with Gasteiger partial charge < -0.3 is 10.2 Å². The van der Waals surface area contributed by atoms with Crippen LogP contribution in [0.25, 0.3) is 0 Å². The summed E-state index contributed by atoms with van der Waals surface area (Å²) >= 11 is 0. The highest BCUT2D eigenvalue weighted by atomic mass is 16.2. The molecule has 0 bridgehead atoms. The Morgan fingerprint density at radius 1 is 1.00 bits per heavy atom. The summed E-state index contributed by atoms with van der Waals surface area (Å²) in [5, 5.41) is 3.06. The Morgan fingerprint density at radius 2 is 1.74 bits per heavy atom. The molecule has 3 fully saturated rings. The second kappa shape index (κ2) is 11.1. The van der Waals surface area contributed by atoms with E-state index in [2.05, 4.69) is 12.2 Å². The molecule has 2 unspecified atom stereocenters. The third kappa shape index (κ3) is 6.53. The van der Waals surface area contributed by atoms with E-state index in [1.165, 1.54) is 4.90 Å². The van der Waals surface area contributed by atoms with Crippen LogP contribution in [0.1, 0.15) is 78.1 Å². The van der Waals surface area contributed by atoms with Crippen molar-refractivity contribution in [3.8, 4) is 0 Å². The van der Waals surface area contributed by atoms with Crippen LogP contribution in [0, 0.1) is 23.7 Å². The van der Waals surface area contributed by atoms with E-state index in [0.29, 0.717) is 37.8 Å². The molecular formula is C24H39N3O4. The molecule has 2 aliphatic heterocycles. The molecule has 2 saturated heterocycles. The van der Waals surface area contributed by atoms with Crippen molar-refractivity contribution in [2.24, 2.45) is 23.7 Å². The van der Waals surface area contributed by atoms with Crippen LogP contribution < -0.4 is 5.32 Å². The molecule has 2 heterocycles.